The summed E-state index contributed by atoms with van der Waals surface area (Å²) < 4.78 is 29.0. The van der Waals surface area contributed by atoms with Crippen LogP contribution in [0.1, 0.15) is 37.8 Å². The Morgan fingerprint density at radius 1 is 1.08 bits per heavy atom. The van der Waals surface area contributed by atoms with Crippen LogP contribution in [-0.2, 0) is 10.0 Å². The second-order valence-electron chi connectivity index (χ2n) is 6.28. The third-order valence-electron chi connectivity index (χ3n) is 4.09. The predicted octanol–water partition coefficient (Wildman–Crippen LogP) is 5.05. The molecule has 130 valence electrons. The first kappa shape index (κ1) is 17.7. The lowest BCUT2D eigenvalue weighted by Gasteiger charge is -2.09. The van der Waals surface area contributed by atoms with Crippen molar-refractivity contribution in [2.24, 2.45) is 4.40 Å². The summed E-state index contributed by atoms with van der Waals surface area (Å²) in [6.07, 6.45) is 0. The Morgan fingerprint density at radius 3 is 2.36 bits per heavy atom. The number of nitrogens with zero attached hydrogens (tertiary/aromatic N) is 1. The number of halogens is 1. The number of sulfonamides is 1. The lowest BCUT2D eigenvalue weighted by molar-refractivity contribution is 0.608. The maximum Gasteiger partial charge on any atom is 0.285 e. The SMILES string of the molecule is CC1=C(c2ccc(C(C)C)cc2)S(=O)(=O)N=C1Nc1cccc(Cl)c1. The molecule has 0 aromatic heterocycles. The second-order valence-corrected chi connectivity index (χ2v) is 8.26. The van der Waals surface area contributed by atoms with Gasteiger partial charge in [0.05, 0.1) is 0 Å². The minimum atomic E-state index is -3.73. The Hall–Kier alpha value is -2.11. The van der Waals surface area contributed by atoms with E-state index < -0.39 is 10.0 Å². The fourth-order valence-electron chi connectivity index (χ4n) is 2.74. The molecule has 0 spiro atoms. The lowest BCUT2D eigenvalue weighted by Crippen LogP contribution is -2.11. The zero-order valence-corrected chi connectivity index (χ0v) is 15.8. The summed E-state index contributed by atoms with van der Waals surface area (Å²) in [4.78, 5) is 0.243. The third-order valence-corrected chi connectivity index (χ3v) is 5.81. The highest BCUT2D eigenvalue weighted by molar-refractivity contribution is 8.00. The van der Waals surface area contributed by atoms with Gasteiger partial charge in [-0.25, -0.2) is 0 Å². The van der Waals surface area contributed by atoms with Crippen molar-refractivity contribution in [2.45, 2.75) is 26.7 Å². The summed E-state index contributed by atoms with van der Waals surface area (Å²) in [6.45, 7) is 5.95. The molecule has 1 aliphatic heterocycles. The normalized spacial score (nSPS) is 16.3. The van der Waals surface area contributed by atoms with Gasteiger partial charge in [0.25, 0.3) is 10.0 Å². The van der Waals surface area contributed by atoms with Crippen molar-refractivity contribution in [3.8, 4) is 0 Å². The van der Waals surface area contributed by atoms with Crippen molar-refractivity contribution in [1.29, 1.82) is 0 Å². The van der Waals surface area contributed by atoms with E-state index in [0.717, 1.165) is 5.56 Å². The van der Waals surface area contributed by atoms with Gasteiger partial charge in [0.15, 0.2) is 0 Å². The van der Waals surface area contributed by atoms with Gasteiger partial charge in [0.1, 0.15) is 10.7 Å². The number of amidine groups is 1. The number of nitrogens with one attached hydrogen (secondary N) is 1. The standard InChI is InChI=1S/C19H19ClN2O2S/c1-12(2)14-7-9-15(10-8-14)18-13(3)19(22-25(18,23)24)21-17-6-4-5-16(20)11-17/h4-12H,1-3H3,(H,21,22). The third kappa shape index (κ3) is 3.62. The molecule has 0 radical (unpaired) electrons. The molecule has 0 atom stereocenters. The molecule has 4 nitrogen and oxygen atoms in total. The van der Waals surface area contributed by atoms with Crippen LogP contribution in [-0.4, -0.2) is 14.3 Å². The molecule has 0 saturated heterocycles. The number of hydrogen-bond acceptors (Lipinski definition) is 3. The quantitative estimate of drug-likeness (QED) is 0.817. The van der Waals surface area contributed by atoms with Gasteiger partial charge in [0, 0.05) is 16.3 Å². The molecule has 6 heteroatoms. The summed E-state index contributed by atoms with van der Waals surface area (Å²) in [5, 5.41) is 3.61. The summed E-state index contributed by atoms with van der Waals surface area (Å²) in [7, 11) is -3.73. The van der Waals surface area contributed by atoms with Gasteiger partial charge in [0.2, 0.25) is 0 Å². The van der Waals surface area contributed by atoms with Crippen molar-refractivity contribution in [3.63, 3.8) is 0 Å². The molecule has 0 fully saturated rings. The Balaban J connectivity index is 1.98. The number of benzene rings is 2. The molecular weight excluding hydrogens is 356 g/mol. The molecule has 0 aliphatic carbocycles. The van der Waals surface area contributed by atoms with Crippen LogP contribution in [0.25, 0.3) is 4.91 Å². The highest BCUT2D eigenvalue weighted by Gasteiger charge is 2.31. The molecule has 0 saturated carbocycles. The fraction of sp³-hybridized carbons (Fsp3) is 0.211. The smallest absolute Gasteiger partial charge is 0.285 e. The maximum absolute atomic E-state index is 12.5. The summed E-state index contributed by atoms with van der Waals surface area (Å²) in [5.41, 5.74) is 3.10. The molecule has 0 amide bonds. The van der Waals surface area contributed by atoms with E-state index >= 15 is 0 Å². The van der Waals surface area contributed by atoms with Crippen LogP contribution in [0, 0.1) is 0 Å². The highest BCUT2D eigenvalue weighted by atomic mass is 35.5. The first-order valence-corrected chi connectivity index (χ1v) is 9.79. The van der Waals surface area contributed by atoms with Gasteiger partial charge >= 0.3 is 0 Å². The van der Waals surface area contributed by atoms with Crippen LogP contribution in [0.3, 0.4) is 0 Å². The van der Waals surface area contributed by atoms with Gasteiger partial charge in [-0.1, -0.05) is 55.8 Å². The molecule has 25 heavy (non-hydrogen) atoms. The van der Waals surface area contributed by atoms with Crippen molar-refractivity contribution >= 4 is 38.1 Å². The number of hydrogen-bond donors (Lipinski definition) is 1. The molecule has 0 unspecified atom stereocenters. The number of anilines is 1. The van der Waals surface area contributed by atoms with Gasteiger partial charge in [-0.2, -0.15) is 8.42 Å². The Labute approximate surface area is 153 Å². The predicted molar refractivity (Wildman–Crippen MR) is 105 cm³/mol. The van der Waals surface area contributed by atoms with Crippen LogP contribution < -0.4 is 5.32 Å². The van der Waals surface area contributed by atoms with E-state index in [1.54, 1.807) is 25.1 Å². The average molecular weight is 375 g/mol. The van der Waals surface area contributed by atoms with Crippen LogP contribution in [0.2, 0.25) is 5.02 Å². The summed E-state index contributed by atoms with van der Waals surface area (Å²) >= 11 is 5.98. The zero-order valence-electron chi connectivity index (χ0n) is 14.2. The fourth-order valence-corrected chi connectivity index (χ4v) is 4.36. The maximum atomic E-state index is 12.5. The largest absolute Gasteiger partial charge is 0.339 e. The van der Waals surface area contributed by atoms with Crippen LogP contribution in [0.15, 0.2) is 58.5 Å². The Kier molecular flexibility index (Phi) is 4.71. The summed E-state index contributed by atoms with van der Waals surface area (Å²) in [5.74, 6) is 0.714. The Morgan fingerprint density at radius 2 is 1.76 bits per heavy atom. The van der Waals surface area contributed by atoms with E-state index in [4.69, 9.17) is 11.6 Å². The monoisotopic (exact) mass is 374 g/mol. The van der Waals surface area contributed by atoms with E-state index in [0.29, 0.717) is 33.6 Å². The van der Waals surface area contributed by atoms with E-state index in [1.807, 2.05) is 30.3 Å². The minimum Gasteiger partial charge on any atom is -0.339 e. The highest BCUT2D eigenvalue weighted by Crippen LogP contribution is 2.33. The van der Waals surface area contributed by atoms with Crippen molar-refractivity contribution in [2.75, 3.05) is 5.32 Å². The van der Waals surface area contributed by atoms with E-state index in [9.17, 15) is 8.42 Å². The molecule has 2 aromatic rings. The average Bonchev–Trinajstić information content (AvgIpc) is 2.76. The van der Waals surface area contributed by atoms with Crippen molar-refractivity contribution < 1.29 is 8.42 Å². The molecule has 1 aliphatic rings. The van der Waals surface area contributed by atoms with Crippen molar-refractivity contribution in [1.82, 2.24) is 0 Å². The zero-order chi connectivity index (χ0) is 18.2. The molecular formula is C19H19ClN2O2S. The van der Waals surface area contributed by atoms with Gasteiger partial charge in [-0.3, -0.25) is 0 Å². The molecule has 1 N–H and O–H groups in total. The topological polar surface area (TPSA) is 58.5 Å². The summed E-state index contributed by atoms with van der Waals surface area (Å²) in [6, 6.07) is 14.7. The van der Waals surface area contributed by atoms with Crippen LogP contribution in [0.4, 0.5) is 5.69 Å². The van der Waals surface area contributed by atoms with E-state index in [2.05, 4.69) is 23.6 Å². The van der Waals surface area contributed by atoms with E-state index in [-0.39, 0.29) is 4.91 Å². The molecule has 3 rings (SSSR count). The van der Waals surface area contributed by atoms with Crippen LogP contribution in [0.5, 0.6) is 0 Å². The first-order chi connectivity index (χ1) is 11.8. The van der Waals surface area contributed by atoms with Gasteiger partial charge < -0.3 is 5.32 Å². The molecule has 2 aromatic carbocycles. The van der Waals surface area contributed by atoms with Gasteiger partial charge in [-0.15, -0.1) is 4.40 Å². The Bertz CT molecular complexity index is 975. The van der Waals surface area contributed by atoms with Crippen LogP contribution >= 0.6 is 11.6 Å². The minimum absolute atomic E-state index is 0.243. The molecule has 1 heterocycles. The second kappa shape index (κ2) is 6.65. The first-order valence-electron chi connectivity index (χ1n) is 7.97. The van der Waals surface area contributed by atoms with Crippen molar-refractivity contribution in [3.05, 3.63) is 70.3 Å². The van der Waals surface area contributed by atoms with E-state index in [1.165, 1.54) is 0 Å². The van der Waals surface area contributed by atoms with Gasteiger partial charge in [-0.05, 0) is 42.2 Å². The lowest BCUT2D eigenvalue weighted by atomic mass is 10.0. The number of rotatable bonds is 3. The molecule has 0 bridgehead atoms.